The van der Waals surface area contributed by atoms with E-state index in [0.29, 0.717) is 32.2 Å². The summed E-state index contributed by atoms with van der Waals surface area (Å²) in [4.78, 5) is 26.1. The van der Waals surface area contributed by atoms with Crippen molar-refractivity contribution in [2.45, 2.75) is 38.1 Å². The lowest BCUT2D eigenvalue weighted by Gasteiger charge is -2.23. The highest BCUT2D eigenvalue weighted by Gasteiger charge is 2.38. The number of nitrogens with zero attached hydrogens (tertiary/aromatic N) is 1. The number of ether oxygens (including phenoxy) is 1. The molecule has 1 heterocycles. The molecule has 0 spiro atoms. The molecule has 1 saturated heterocycles. The summed E-state index contributed by atoms with van der Waals surface area (Å²) < 4.78 is 4.93. The number of likely N-dealkylation sites (tertiary alicyclic amines) is 1. The number of nitrogens with one attached hydrogen (secondary N) is 2. The molecule has 1 atom stereocenters. The molecule has 1 unspecified atom stereocenters. The molecule has 0 bridgehead atoms. The molecule has 1 aliphatic heterocycles. The van der Waals surface area contributed by atoms with E-state index >= 15 is 0 Å². The van der Waals surface area contributed by atoms with Crippen LogP contribution < -0.4 is 10.6 Å². The highest BCUT2D eigenvalue weighted by molar-refractivity contribution is 5.89. The van der Waals surface area contributed by atoms with E-state index < -0.39 is 0 Å². The summed E-state index contributed by atoms with van der Waals surface area (Å²) in [6, 6.07) is 0.381. The predicted octanol–water partition coefficient (Wildman–Crippen LogP) is 0.130. The van der Waals surface area contributed by atoms with Crippen LogP contribution in [0.15, 0.2) is 0 Å². The van der Waals surface area contributed by atoms with Gasteiger partial charge < -0.3 is 20.3 Å². The third kappa shape index (κ3) is 4.68. The number of rotatable bonds is 8. The van der Waals surface area contributed by atoms with Gasteiger partial charge in [-0.25, -0.2) is 0 Å². The van der Waals surface area contributed by atoms with E-state index in [0.717, 1.165) is 25.9 Å². The zero-order valence-corrected chi connectivity index (χ0v) is 12.9. The third-order valence-electron chi connectivity index (χ3n) is 4.38. The summed E-state index contributed by atoms with van der Waals surface area (Å²) in [5.41, 5.74) is 0. The first-order valence-electron chi connectivity index (χ1n) is 7.99. The van der Waals surface area contributed by atoms with Crippen LogP contribution in [0.5, 0.6) is 0 Å². The SMILES string of the molecule is COCCNCCNC(=O)C1CC(=O)N(C2CCCC2)C1. The van der Waals surface area contributed by atoms with Gasteiger partial charge in [0.15, 0.2) is 0 Å². The molecule has 2 amide bonds. The first-order chi connectivity index (χ1) is 10.2. The van der Waals surface area contributed by atoms with Crippen molar-refractivity contribution < 1.29 is 14.3 Å². The molecule has 0 aromatic heterocycles. The van der Waals surface area contributed by atoms with Crippen molar-refractivity contribution in [1.29, 1.82) is 0 Å². The predicted molar refractivity (Wildman–Crippen MR) is 79.8 cm³/mol. The maximum absolute atomic E-state index is 12.1. The van der Waals surface area contributed by atoms with Gasteiger partial charge in [0.1, 0.15) is 0 Å². The maximum Gasteiger partial charge on any atom is 0.225 e. The molecule has 120 valence electrons. The van der Waals surface area contributed by atoms with Crippen molar-refractivity contribution in [3.05, 3.63) is 0 Å². The molecule has 6 heteroatoms. The summed E-state index contributed by atoms with van der Waals surface area (Å²) in [7, 11) is 1.66. The summed E-state index contributed by atoms with van der Waals surface area (Å²) in [5, 5.41) is 6.09. The summed E-state index contributed by atoms with van der Waals surface area (Å²) >= 11 is 0. The molecule has 0 aromatic carbocycles. The second-order valence-electron chi connectivity index (χ2n) is 5.92. The average molecular weight is 297 g/mol. The summed E-state index contributed by atoms with van der Waals surface area (Å²) in [5.74, 6) is -0.00488. The van der Waals surface area contributed by atoms with Gasteiger partial charge in [0.25, 0.3) is 0 Å². The number of hydrogen-bond acceptors (Lipinski definition) is 4. The Morgan fingerprint density at radius 3 is 2.76 bits per heavy atom. The first-order valence-corrected chi connectivity index (χ1v) is 7.99. The average Bonchev–Trinajstić information content (AvgIpc) is 3.11. The van der Waals surface area contributed by atoms with E-state index in [2.05, 4.69) is 10.6 Å². The zero-order chi connectivity index (χ0) is 15.1. The lowest BCUT2D eigenvalue weighted by Crippen LogP contribution is -2.39. The normalized spacial score (nSPS) is 23.0. The lowest BCUT2D eigenvalue weighted by molar-refractivity contribution is -0.130. The van der Waals surface area contributed by atoms with Gasteiger partial charge in [0.2, 0.25) is 11.8 Å². The van der Waals surface area contributed by atoms with E-state index in [1.165, 1.54) is 12.8 Å². The van der Waals surface area contributed by atoms with Crippen LogP contribution in [0.2, 0.25) is 0 Å². The van der Waals surface area contributed by atoms with E-state index in [-0.39, 0.29) is 17.7 Å². The Morgan fingerprint density at radius 1 is 1.29 bits per heavy atom. The van der Waals surface area contributed by atoms with Gasteiger partial charge in [-0.3, -0.25) is 9.59 Å². The molecule has 21 heavy (non-hydrogen) atoms. The Balaban J connectivity index is 1.65. The van der Waals surface area contributed by atoms with Gasteiger partial charge in [-0.1, -0.05) is 12.8 Å². The Morgan fingerprint density at radius 2 is 2.05 bits per heavy atom. The van der Waals surface area contributed by atoms with Crippen LogP contribution >= 0.6 is 0 Å². The van der Waals surface area contributed by atoms with Crippen molar-refractivity contribution in [2.75, 3.05) is 39.9 Å². The van der Waals surface area contributed by atoms with Gasteiger partial charge in [0, 0.05) is 45.8 Å². The number of carbonyl (C=O) groups is 2. The molecule has 2 aliphatic rings. The molecule has 2 fully saturated rings. The van der Waals surface area contributed by atoms with Gasteiger partial charge in [-0.15, -0.1) is 0 Å². The van der Waals surface area contributed by atoms with Crippen molar-refractivity contribution >= 4 is 11.8 Å². The topological polar surface area (TPSA) is 70.7 Å². The lowest BCUT2D eigenvalue weighted by atomic mass is 10.1. The molecular formula is C15H27N3O3. The molecule has 1 aliphatic carbocycles. The van der Waals surface area contributed by atoms with Gasteiger partial charge in [0.05, 0.1) is 12.5 Å². The minimum Gasteiger partial charge on any atom is -0.383 e. The molecule has 0 aromatic rings. The Hall–Kier alpha value is -1.14. The van der Waals surface area contributed by atoms with Crippen LogP contribution in [0.4, 0.5) is 0 Å². The highest BCUT2D eigenvalue weighted by atomic mass is 16.5. The fourth-order valence-corrected chi connectivity index (χ4v) is 3.19. The minimum atomic E-state index is -0.169. The first kappa shape index (κ1) is 16.2. The van der Waals surface area contributed by atoms with E-state index in [4.69, 9.17) is 4.74 Å². The molecule has 0 radical (unpaired) electrons. The Kier molecular flexibility index (Phi) is 6.45. The van der Waals surface area contributed by atoms with Gasteiger partial charge >= 0.3 is 0 Å². The second kappa shape index (κ2) is 8.34. The van der Waals surface area contributed by atoms with Crippen LogP contribution in [-0.2, 0) is 14.3 Å². The maximum atomic E-state index is 12.1. The molecule has 2 N–H and O–H groups in total. The van der Waals surface area contributed by atoms with Crippen LogP contribution in [0.25, 0.3) is 0 Å². The molecular weight excluding hydrogens is 270 g/mol. The van der Waals surface area contributed by atoms with E-state index in [1.807, 2.05) is 4.90 Å². The minimum absolute atomic E-state index is 0.0115. The van der Waals surface area contributed by atoms with Crippen LogP contribution in [-0.4, -0.2) is 62.7 Å². The fourth-order valence-electron chi connectivity index (χ4n) is 3.19. The quantitative estimate of drug-likeness (QED) is 0.625. The molecule has 6 nitrogen and oxygen atoms in total. The number of amides is 2. The number of methoxy groups -OCH3 is 1. The molecule has 1 saturated carbocycles. The Bertz CT molecular complexity index is 356. The molecule has 2 rings (SSSR count). The monoisotopic (exact) mass is 297 g/mol. The highest BCUT2D eigenvalue weighted by Crippen LogP contribution is 2.29. The van der Waals surface area contributed by atoms with Crippen molar-refractivity contribution in [1.82, 2.24) is 15.5 Å². The van der Waals surface area contributed by atoms with E-state index in [9.17, 15) is 9.59 Å². The van der Waals surface area contributed by atoms with Crippen LogP contribution in [0, 0.1) is 5.92 Å². The van der Waals surface area contributed by atoms with Gasteiger partial charge in [-0.2, -0.15) is 0 Å². The third-order valence-corrected chi connectivity index (χ3v) is 4.38. The van der Waals surface area contributed by atoms with E-state index in [1.54, 1.807) is 7.11 Å². The van der Waals surface area contributed by atoms with Crippen LogP contribution in [0.3, 0.4) is 0 Å². The van der Waals surface area contributed by atoms with Crippen molar-refractivity contribution in [3.8, 4) is 0 Å². The van der Waals surface area contributed by atoms with Crippen LogP contribution in [0.1, 0.15) is 32.1 Å². The Labute approximate surface area is 126 Å². The summed E-state index contributed by atoms with van der Waals surface area (Å²) in [6.07, 6.45) is 4.99. The number of hydrogen-bond donors (Lipinski definition) is 2. The van der Waals surface area contributed by atoms with Crippen molar-refractivity contribution in [2.24, 2.45) is 5.92 Å². The second-order valence-corrected chi connectivity index (χ2v) is 5.92. The number of carbonyl (C=O) groups excluding carboxylic acids is 2. The van der Waals surface area contributed by atoms with Gasteiger partial charge in [-0.05, 0) is 12.8 Å². The summed E-state index contributed by atoms with van der Waals surface area (Å²) in [6.45, 7) is 3.37. The zero-order valence-electron chi connectivity index (χ0n) is 12.9. The van der Waals surface area contributed by atoms with Crippen molar-refractivity contribution in [3.63, 3.8) is 0 Å². The largest absolute Gasteiger partial charge is 0.383 e. The fraction of sp³-hybridized carbons (Fsp3) is 0.867. The smallest absolute Gasteiger partial charge is 0.225 e. The standard InChI is InChI=1S/C15H27N3O3/c1-21-9-8-16-6-7-17-15(20)12-10-14(19)18(11-12)13-4-2-3-5-13/h12-13,16H,2-11H2,1H3,(H,17,20).